The maximum absolute atomic E-state index is 11.9. The molecule has 0 aliphatic rings. The molecule has 0 atom stereocenters. The number of nitrogens with two attached hydrogens (primary N) is 1. The van der Waals surface area contributed by atoms with E-state index in [1.54, 1.807) is 12.1 Å². The Balaban J connectivity index is 2.15. The lowest BCUT2D eigenvalue weighted by Crippen LogP contribution is -2.14. The van der Waals surface area contributed by atoms with Gasteiger partial charge in [0.15, 0.2) is 5.69 Å². The van der Waals surface area contributed by atoms with Crippen LogP contribution in [-0.4, -0.2) is 22.5 Å². The Morgan fingerprint density at radius 3 is 2.89 bits per heavy atom. The average Bonchev–Trinajstić information content (AvgIpc) is 2.40. The zero-order valence-corrected chi connectivity index (χ0v) is 10.3. The Labute approximate surface area is 111 Å². The quantitative estimate of drug-likeness (QED) is 0.775. The Hall–Kier alpha value is -2.40. The van der Waals surface area contributed by atoms with Gasteiger partial charge in [0.25, 0.3) is 5.91 Å². The minimum Gasteiger partial charge on any atom is -0.505 e. The molecule has 4 N–H and O–H groups in total. The minimum atomic E-state index is -0.442. The van der Waals surface area contributed by atoms with Gasteiger partial charge in [0.2, 0.25) is 0 Å². The van der Waals surface area contributed by atoms with Crippen molar-refractivity contribution < 1.29 is 9.90 Å². The molecule has 1 aromatic carbocycles. The summed E-state index contributed by atoms with van der Waals surface area (Å²) in [5.41, 5.74) is 7.20. The van der Waals surface area contributed by atoms with Crippen LogP contribution < -0.4 is 11.1 Å². The molecule has 0 radical (unpaired) electrons. The number of nitrogens with one attached hydrogen (secondary N) is 1. The van der Waals surface area contributed by atoms with Crippen molar-refractivity contribution in [1.82, 2.24) is 4.98 Å². The predicted molar refractivity (Wildman–Crippen MR) is 73.1 cm³/mol. The molecule has 1 amide bonds. The van der Waals surface area contributed by atoms with Gasteiger partial charge in [-0.2, -0.15) is 0 Å². The molecule has 0 saturated heterocycles. The third-order valence-corrected chi connectivity index (χ3v) is 2.62. The van der Waals surface area contributed by atoms with E-state index in [9.17, 15) is 9.90 Å². The van der Waals surface area contributed by atoms with Gasteiger partial charge in [0.05, 0.1) is 0 Å². The molecule has 98 valence electrons. The van der Waals surface area contributed by atoms with Gasteiger partial charge < -0.3 is 16.2 Å². The number of aromatic hydroxyl groups is 1. The monoisotopic (exact) mass is 257 g/mol. The van der Waals surface area contributed by atoms with E-state index in [2.05, 4.69) is 10.3 Å². The summed E-state index contributed by atoms with van der Waals surface area (Å²) in [6.45, 7) is 0.554. The van der Waals surface area contributed by atoms with E-state index in [1.165, 1.54) is 12.3 Å². The lowest BCUT2D eigenvalue weighted by Gasteiger charge is -2.07. The fourth-order valence-electron chi connectivity index (χ4n) is 1.73. The van der Waals surface area contributed by atoms with Crippen LogP contribution in [-0.2, 0) is 6.42 Å². The summed E-state index contributed by atoms with van der Waals surface area (Å²) in [6.07, 6.45) is 2.21. The van der Waals surface area contributed by atoms with Gasteiger partial charge in [0.1, 0.15) is 5.75 Å². The number of amides is 1. The van der Waals surface area contributed by atoms with Crippen LogP contribution in [0, 0.1) is 0 Å². The van der Waals surface area contributed by atoms with Crippen molar-refractivity contribution in [2.45, 2.75) is 6.42 Å². The van der Waals surface area contributed by atoms with E-state index in [0.29, 0.717) is 12.2 Å². The van der Waals surface area contributed by atoms with Crippen molar-refractivity contribution in [2.24, 2.45) is 5.73 Å². The first-order valence-corrected chi connectivity index (χ1v) is 5.95. The molecule has 5 heteroatoms. The molecule has 2 aromatic rings. The molecule has 5 nitrogen and oxygen atoms in total. The van der Waals surface area contributed by atoms with Crippen LogP contribution >= 0.6 is 0 Å². The van der Waals surface area contributed by atoms with Crippen LogP contribution in [0.3, 0.4) is 0 Å². The highest BCUT2D eigenvalue weighted by atomic mass is 16.3. The summed E-state index contributed by atoms with van der Waals surface area (Å²) in [4.78, 5) is 15.8. The Kier molecular flexibility index (Phi) is 4.10. The van der Waals surface area contributed by atoms with Gasteiger partial charge in [-0.25, -0.2) is 4.98 Å². The second-order valence-electron chi connectivity index (χ2n) is 4.06. The first-order valence-electron chi connectivity index (χ1n) is 5.95. The van der Waals surface area contributed by atoms with Crippen molar-refractivity contribution in [1.29, 1.82) is 0 Å². The summed E-state index contributed by atoms with van der Waals surface area (Å²) in [5, 5.41) is 12.3. The number of hydrogen-bond acceptors (Lipinski definition) is 4. The number of anilines is 1. The molecule has 19 heavy (non-hydrogen) atoms. The topological polar surface area (TPSA) is 88.2 Å². The molecule has 0 bridgehead atoms. The number of benzene rings is 1. The van der Waals surface area contributed by atoms with Crippen LogP contribution in [0.25, 0.3) is 0 Å². The number of hydrogen-bond donors (Lipinski definition) is 3. The summed E-state index contributed by atoms with van der Waals surface area (Å²) in [5.74, 6) is -0.582. The van der Waals surface area contributed by atoms with Crippen molar-refractivity contribution in [3.63, 3.8) is 0 Å². The number of nitrogens with zero attached hydrogens (tertiary/aromatic N) is 1. The van der Waals surface area contributed by atoms with Gasteiger partial charge in [0, 0.05) is 11.9 Å². The highest BCUT2D eigenvalue weighted by Gasteiger charge is 2.12. The van der Waals surface area contributed by atoms with Crippen molar-refractivity contribution >= 4 is 11.6 Å². The van der Waals surface area contributed by atoms with Crippen LogP contribution in [0.5, 0.6) is 5.75 Å². The molecule has 0 aliphatic carbocycles. The van der Waals surface area contributed by atoms with Gasteiger partial charge in [-0.05, 0) is 42.8 Å². The third kappa shape index (κ3) is 3.29. The van der Waals surface area contributed by atoms with E-state index < -0.39 is 5.91 Å². The zero-order chi connectivity index (χ0) is 13.7. The smallest absolute Gasteiger partial charge is 0.278 e. The number of carbonyl (C=O) groups is 1. The standard InChI is InChI=1S/C14H15N3O2/c15-7-6-10-3-1-4-11(9-10)17-14(19)13-12(18)5-2-8-16-13/h1-5,8-9,18H,6-7,15H2,(H,17,19). The number of pyridine rings is 1. The number of carbonyl (C=O) groups excluding carboxylic acids is 1. The highest BCUT2D eigenvalue weighted by Crippen LogP contribution is 2.16. The van der Waals surface area contributed by atoms with Gasteiger partial charge in [-0.15, -0.1) is 0 Å². The van der Waals surface area contributed by atoms with Gasteiger partial charge >= 0.3 is 0 Å². The van der Waals surface area contributed by atoms with Crippen LogP contribution in [0.4, 0.5) is 5.69 Å². The van der Waals surface area contributed by atoms with Crippen molar-refractivity contribution in [2.75, 3.05) is 11.9 Å². The maximum Gasteiger partial charge on any atom is 0.278 e. The molecule has 1 heterocycles. The average molecular weight is 257 g/mol. The molecule has 0 aliphatic heterocycles. The second-order valence-corrected chi connectivity index (χ2v) is 4.06. The van der Waals surface area contributed by atoms with E-state index in [4.69, 9.17) is 5.73 Å². The lowest BCUT2D eigenvalue weighted by atomic mass is 10.1. The van der Waals surface area contributed by atoms with Crippen molar-refractivity contribution in [3.8, 4) is 5.75 Å². The molecular formula is C14H15N3O2. The Bertz CT molecular complexity index is 584. The largest absolute Gasteiger partial charge is 0.505 e. The summed E-state index contributed by atoms with van der Waals surface area (Å²) in [6, 6.07) is 10.4. The zero-order valence-electron chi connectivity index (χ0n) is 10.3. The van der Waals surface area contributed by atoms with E-state index in [1.807, 2.05) is 18.2 Å². The van der Waals surface area contributed by atoms with Crippen molar-refractivity contribution in [3.05, 3.63) is 53.9 Å². The van der Waals surface area contributed by atoms with Gasteiger partial charge in [-0.1, -0.05) is 12.1 Å². The molecular weight excluding hydrogens is 242 g/mol. The normalized spacial score (nSPS) is 10.2. The van der Waals surface area contributed by atoms with Crippen LogP contribution in [0.15, 0.2) is 42.6 Å². The third-order valence-electron chi connectivity index (χ3n) is 2.62. The second kappa shape index (κ2) is 5.97. The van der Waals surface area contributed by atoms with E-state index in [-0.39, 0.29) is 11.4 Å². The molecule has 0 saturated carbocycles. The highest BCUT2D eigenvalue weighted by molar-refractivity contribution is 6.04. The molecule has 2 rings (SSSR count). The van der Waals surface area contributed by atoms with Crippen LogP contribution in [0.1, 0.15) is 16.1 Å². The lowest BCUT2D eigenvalue weighted by molar-refractivity contribution is 0.101. The number of aromatic nitrogens is 1. The predicted octanol–water partition coefficient (Wildman–Crippen LogP) is 1.54. The summed E-state index contributed by atoms with van der Waals surface area (Å²) < 4.78 is 0. The molecule has 0 spiro atoms. The summed E-state index contributed by atoms with van der Waals surface area (Å²) >= 11 is 0. The maximum atomic E-state index is 11.9. The molecule has 1 aromatic heterocycles. The van der Waals surface area contributed by atoms with Gasteiger partial charge in [-0.3, -0.25) is 4.79 Å². The SMILES string of the molecule is NCCc1cccc(NC(=O)c2ncccc2O)c1. The van der Waals surface area contributed by atoms with E-state index in [0.717, 1.165) is 12.0 Å². The first kappa shape index (κ1) is 13.0. The van der Waals surface area contributed by atoms with E-state index >= 15 is 0 Å². The molecule has 0 unspecified atom stereocenters. The summed E-state index contributed by atoms with van der Waals surface area (Å²) in [7, 11) is 0. The number of rotatable bonds is 4. The molecule has 0 fully saturated rings. The Morgan fingerprint density at radius 2 is 2.16 bits per heavy atom. The first-order chi connectivity index (χ1) is 9.20. The fraction of sp³-hybridized carbons (Fsp3) is 0.143. The Morgan fingerprint density at radius 1 is 1.32 bits per heavy atom. The van der Waals surface area contributed by atoms with Crippen LogP contribution in [0.2, 0.25) is 0 Å². The fourth-order valence-corrected chi connectivity index (χ4v) is 1.73. The minimum absolute atomic E-state index is 0.00623.